The molecule has 0 unspecified atom stereocenters. The fraction of sp³-hybridized carbons (Fsp3) is 0.333. The van der Waals surface area contributed by atoms with E-state index in [1.54, 1.807) is 32.9 Å². The van der Waals surface area contributed by atoms with Gasteiger partial charge >= 0.3 is 11.9 Å². The maximum atomic E-state index is 13.4. The van der Waals surface area contributed by atoms with Gasteiger partial charge in [-0.25, -0.2) is 19.2 Å². The molecule has 0 bridgehead atoms. The summed E-state index contributed by atoms with van der Waals surface area (Å²) in [6.07, 6.45) is 1.86. The first kappa shape index (κ1) is 27.6. The number of ether oxygens (including phenoxy) is 4. The highest BCUT2D eigenvalue weighted by Gasteiger charge is 2.14. The molecule has 1 N–H and O–H groups in total. The molecule has 9 nitrogen and oxygen atoms in total. The summed E-state index contributed by atoms with van der Waals surface area (Å²) in [4.78, 5) is 30.2. The van der Waals surface area contributed by atoms with Crippen molar-refractivity contribution in [1.29, 1.82) is 0 Å². The van der Waals surface area contributed by atoms with E-state index < -0.39 is 11.8 Å². The van der Waals surface area contributed by atoms with Gasteiger partial charge in [-0.05, 0) is 38.1 Å². The van der Waals surface area contributed by atoms with E-state index in [-0.39, 0.29) is 24.2 Å². The minimum atomic E-state index is -0.515. The van der Waals surface area contributed by atoms with Crippen LogP contribution in [0, 0.1) is 5.82 Å². The number of hydrogen-bond acceptors (Lipinski definition) is 9. The van der Waals surface area contributed by atoms with Crippen LogP contribution in [0.4, 0.5) is 15.9 Å². The van der Waals surface area contributed by atoms with Crippen LogP contribution in [0.1, 0.15) is 27.2 Å². The second kappa shape index (κ2) is 13.9. The Balaban J connectivity index is 0.000000540. The van der Waals surface area contributed by atoms with E-state index in [4.69, 9.17) is 25.8 Å². The highest BCUT2D eigenvalue weighted by atomic mass is 35.5. The molecule has 188 valence electrons. The van der Waals surface area contributed by atoms with Gasteiger partial charge in [0.2, 0.25) is 0 Å². The van der Waals surface area contributed by atoms with Crippen molar-refractivity contribution in [3.63, 3.8) is 0 Å². The monoisotopic (exact) mass is 507 g/mol. The smallest absolute Gasteiger partial charge is 0.344 e. The zero-order valence-electron chi connectivity index (χ0n) is 19.9. The molecule has 0 saturated carbocycles. The fourth-order valence-electron chi connectivity index (χ4n) is 2.75. The van der Waals surface area contributed by atoms with E-state index in [1.165, 1.54) is 31.6 Å². The molecule has 0 saturated heterocycles. The van der Waals surface area contributed by atoms with Gasteiger partial charge in [-0.3, -0.25) is 4.79 Å². The van der Waals surface area contributed by atoms with Gasteiger partial charge in [0, 0.05) is 23.6 Å². The van der Waals surface area contributed by atoms with Crippen LogP contribution in [0.15, 0.2) is 36.7 Å². The van der Waals surface area contributed by atoms with Crippen LogP contribution in [0.2, 0.25) is 5.02 Å². The maximum absolute atomic E-state index is 13.4. The fourth-order valence-corrected chi connectivity index (χ4v) is 2.93. The Hall–Kier alpha value is -3.66. The van der Waals surface area contributed by atoms with Crippen LogP contribution in [0.25, 0.3) is 10.9 Å². The number of nitrogens with one attached hydrogen (secondary N) is 1. The summed E-state index contributed by atoms with van der Waals surface area (Å²) in [6.45, 7) is 5.78. The largest absolute Gasteiger partial charge is 0.493 e. The third-order valence-corrected chi connectivity index (χ3v) is 4.64. The van der Waals surface area contributed by atoms with Crippen molar-refractivity contribution >= 4 is 45.9 Å². The number of hydrogen-bond donors (Lipinski definition) is 1. The molecular weight excluding hydrogens is 481 g/mol. The molecule has 0 radical (unpaired) electrons. The zero-order valence-corrected chi connectivity index (χ0v) is 20.6. The number of nitrogens with zero attached hydrogens (tertiary/aromatic N) is 2. The number of benzene rings is 2. The van der Waals surface area contributed by atoms with Crippen LogP contribution in [0.3, 0.4) is 0 Å². The lowest BCUT2D eigenvalue weighted by molar-refractivity contribution is -0.145. The first-order valence-corrected chi connectivity index (χ1v) is 11.2. The van der Waals surface area contributed by atoms with Gasteiger partial charge in [0.25, 0.3) is 0 Å². The Kier molecular flexibility index (Phi) is 11.0. The van der Waals surface area contributed by atoms with E-state index in [1.807, 2.05) is 0 Å². The summed E-state index contributed by atoms with van der Waals surface area (Å²) >= 11 is 5.83. The zero-order chi connectivity index (χ0) is 25.8. The maximum Gasteiger partial charge on any atom is 0.344 e. The molecule has 3 aromatic rings. The number of fused-ring (bicyclic) bond motifs is 1. The van der Waals surface area contributed by atoms with Crippen LogP contribution in [-0.2, 0) is 19.1 Å². The Morgan fingerprint density at radius 2 is 1.71 bits per heavy atom. The van der Waals surface area contributed by atoms with Gasteiger partial charge in [-0.1, -0.05) is 18.5 Å². The Morgan fingerprint density at radius 1 is 1.00 bits per heavy atom. The van der Waals surface area contributed by atoms with Crippen molar-refractivity contribution < 1.29 is 32.9 Å². The standard InChI is InChI=1S/C19H17ClFN3O4.C5H10O2/c1-3-27-18(25)9-28-17-7-12-15(8-16(17)26-2)22-10-23-19(12)24-11-4-5-14(21)13(20)6-11;1-3-5(6)7-4-2/h4-8,10H,3,9H2,1-2H3,(H,22,23,24);3-4H2,1-2H3. The molecule has 0 amide bonds. The minimum absolute atomic E-state index is 0.0107. The summed E-state index contributed by atoms with van der Waals surface area (Å²) in [5.74, 6) is 0.0653. The lowest BCUT2D eigenvalue weighted by atomic mass is 10.2. The van der Waals surface area contributed by atoms with Crippen molar-refractivity contribution in [1.82, 2.24) is 9.97 Å². The SMILES string of the molecule is CCOC(=O)CC.CCOC(=O)COc1cc2c(Nc3ccc(F)c(Cl)c3)ncnc2cc1OC. The average Bonchev–Trinajstić information content (AvgIpc) is 2.85. The van der Waals surface area contributed by atoms with Gasteiger partial charge in [-0.15, -0.1) is 0 Å². The quantitative estimate of drug-likeness (QED) is 0.396. The van der Waals surface area contributed by atoms with Crippen molar-refractivity contribution in [3.8, 4) is 11.5 Å². The van der Waals surface area contributed by atoms with E-state index in [9.17, 15) is 14.0 Å². The van der Waals surface area contributed by atoms with E-state index in [0.29, 0.717) is 46.9 Å². The van der Waals surface area contributed by atoms with Gasteiger partial charge in [0.15, 0.2) is 18.1 Å². The molecule has 0 atom stereocenters. The molecule has 3 rings (SSSR count). The van der Waals surface area contributed by atoms with E-state index in [2.05, 4.69) is 20.0 Å². The molecule has 35 heavy (non-hydrogen) atoms. The second-order valence-corrected chi connectivity index (χ2v) is 7.16. The molecule has 0 aliphatic heterocycles. The molecule has 11 heteroatoms. The molecule has 0 aliphatic carbocycles. The normalized spacial score (nSPS) is 10.1. The molecule has 0 aliphatic rings. The van der Waals surface area contributed by atoms with Crippen LogP contribution in [0.5, 0.6) is 11.5 Å². The lowest BCUT2D eigenvalue weighted by Crippen LogP contribution is -2.15. The van der Waals surface area contributed by atoms with Crippen molar-refractivity contribution in [2.45, 2.75) is 27.2 Å². The first-order valence-electron chi connectivity index (χ1n) is 10.8. The molecule has 1 heterocycles. The summed E-state index contributed by atoms with van der Waals surface area (Å²) in [5.41, 5.74) is 1.14. The number of carbonyl (C=O) groups excluding carboxylic acids is 2. The Labute approximate surface area is 207 Å². The van der Waals surface area contributed by atoms with Gasteiger partial charge in [0.1, 0.15) is 18.0 Å². The predicted octanol–water partition coefficient (Wildman–Crippen LogP) is 5.08. The average molecular weight is 508 g/mol. The predicted molar refractivity (Wildman–Crippen MR) is 130 cm³/mol. The number of anilines is 2. The van der Waals surface area contributed by atoms with Crippen molar-refractivity contribution in [2.75, 3.05) is 32.2 Å². The summed E-state index contributed by atoms with van der Waals surface area (Å²) in [5, 5.41) is 3.68. The molecular formula is C24H27ClFN3O6. The summed E-state index contributed by atoms with van der Waals surface area (Å²) < 4.78 is 33.6. The summed E-state index contributed by atoms with van der Waals surface area (Å²) in [6, 6.07) is 7.56. The van der Waals surface area contributed by atoms with Gasteiger partial charge in [-0.2, -0.15) is 0 Å². The highest BCUT2D eigenvalue weighted by molar-refractivity contribution is 6.31. The first-order chi connectivity index (χ1) is 16.8. The van der Waals surface area contributed by atoms with Crippen LogP contribution in [-0.4, -0.2) is 48.8 Å². The minimum Gasteiger partial charge on any atom is -0.493 e. The molecule has 0 fully saturated rings. The third kappa shape index (κ3) is 8.25. The summed E-state index contributed by atoms with van der Waals surface area (Å²) in [7, 11) is 1.49. The van der Waals surface area contributed by atoms with Crippen LogP contribution >= 0.6 is 11.6 Å². The molecule has 0 spiro atoms. The number of carbonyl (C=O) groups is 2. The molecule has 1 aromatic heterocycles. The van der Waals surface area contributed by atoms with Crippen molar-refractivity contribution in [2.24, 2.45) is 0 Å². The Bertz CT molecular complexity index is 1160. The molecule has 2 aromatic carbocycles. The van der Waals surface area contributed by atoms with Gasteiger partial charge < -0.3 is 24.3 Å². The van der Waals surface area contributed by atoms with E-state index in [0.717, 1.165) is 0 Å². The number of halogens is 2. The number of rotatable bonds is 9. The number of methoxy groups -OCH3 is 1. The van der Waals surface area contributed by atoms with Crippen LogP contribution < -0.4 is 14.8 Å². The number of esters is 2. The topological polar surface area (TPSA) is 109 Å². The lowest BCUT2D eigenvalue weighted by Gasteiger charge is -2.13. The Morgan fingerprint density at radius 3 is 2.31 bits per heavy atom. The highest BCUT2D eigenvalue weighted by Crippen LogP contribution is 2.35. The van der Waals surface area contributed by atoms with Gasteiger partial charge in [0.05, 0.1) is 30.9 Å². The van der Waals surface area contributed by atoms with E-state index >= 15 is 0 Å². The number of aromatic nitrogens is 2. The third-order valence-electron chi connectivity index (χ3n) is 4.35. The second-order valence-electron chi connectivity index (χ2n) is 6.75. The van der Waals surface area contributed by atoms with Crippen molar-refractivity contribution in [3.05, 3.63) is 47.5 Å².